The minimum atomic E-state index is -0.781. The number of hydrogen-bond donors (Lipinski definition) is 1. The molecular weight excluding hydrogens is 378 g/mol. The molecule has 0 radical (unpaired) electrons. The Morgan fingerprint density at radius 3 is 2.83 bits per heavy atom. The van der Waals surface area contributed by atoms with Gasteiger partial charge in [-0.15, -0.1) is 0 Å². The van der Waals surface area contributed by atoms with Crippen LogP contribution in [0.5, 0.6) is 5.75 Å². The van der Waals surface area contributed by atoms with Gasteiger partial charge in [0.25, 0.3) is 5.91 Å². The lowest BCUT2D eigenvalue weighted by Crippen LogP contribution is -2.58. The smallest absolute Gasteiger partial charge is 0.277 e. The van der Waals surface area contributed by atoms with E-state index in [1.165, 1.54) is 11.3 Å². The highest BCUT2D eigenvalue weighted by Crippen LogP contribution is 2.27. The fourth-order valence-corrected chi connectivity index (χ4v) is 3.23. The first-order valence-electron chi connectivity index (χ1n) is 9.02. The van der Waals surface area contributed by atoms with Gasteiger partial charge in [0.15, 0.2) is 23.7 Å². The molecule has 29 heavy (non-hydrogen) atoms. The molecule has 2 amide bonds. The zero-order chi connectivity index (χ0) is 20.4. The topological polar surface area (TPSA) is 124 Å². The third-order valence-corrected chi connectivity index (χ3v) is 4.65. The summed E-state index contributed by atoms with van der Waals surface area (Å²) in [6.45, 7) is 2.37. The van der Waals surface area contributed by atoms with E-state index < -0.39 is 11.9 Å². The highest BCUT2D eigenvalue weighted by molar-refractivity contribution is 6.00. The molecule has 1 aromatic carbocycles. The van der Waals surface area contributed by atoms with E-state index in [2.05, 4.69) is 20.4 Å². The number of nitrogens with zero attached hydrogens (tertiary/aromatic N) is 4. The van der Waals surface area contributed by atoms with Crippen LogP contribution in [0.15, 0.2) is 39.6 Å². The quantitative estimate of drug-likeness (QED) is 0.682. The maximum atomic E-state index is 13.3. The van der Waals surface area contributed by atoms with Crippen molar-refractivity contribution in [3.8, 4) is 17.1 Å². The number of ether oxygens (including phenoxy) is 1. The number of rotatable bonds is 5. The standard InChI is InChI=1S/C19H19N5O5/c1-11-22-15(29-23-11)9-14-18(25)20-7-8-24(14)19(26)16-17(28-10-21-16)12-3-5-13(27-2)6-4-12/h3-6,10,14H,7-9H2,1-2H3,(H,20,25). The summed E-state index contributed by atoms with van der Waals surface area (Å²) in [7, 11) is 1.57. The molecule has 2 aromatic heterocycles. The lowest BCUT2D eigenvalue weighted by atomic mass is 10.1. The summed E-state index contributed by atoms with van der Waals surface area (Å²) in [6, 6.07) is 6.30. The number of piperazine rings is 1. The highest BCUT2D eigenvalue weighted by Gasteiger charge is 2.37. The number of benzene rings is 1. The van der Waals surface area contributed by atoms with Gasteiger partial charge in [0.2, 0.25) is 11.8 Å². The van der Waals surface area contributed by atoms with Gasteiger partial charge in [-0.3, -0.25) is 9.59 Å². The Hall–Kier alpha value is -3.69. The molecule has 4 rings (SSSR count). The van der Waals surface area contributed by atoms with Crippen molar-refractivity contribution in [2.24, 2.45) is 0 Å². The van der Waals surface area contributed by atoms with Gasteiger partial charge in [0, 0.05) is 18.7 Å². The monoisotopic (exact) mass is 397 g/mol. The molecule has 3 aromatic rings. The third kappa shape index (κ3) is 3.68. The predicted molar refractivity (Wildman–Crippen MR) is 99.1 cm³/mol. The molecule has 1 unspecified atom stereocenters. The molecule has 0 spiro atoms. The summed E-state index contributed by atoms with van der Waals surface area (Å²) >= 11 is 0. The largest absolute Gasteiger partial charge is 0.497 e. The molecule has 1 N–H and O–H groups in total. The van der Waals surface area contributed by atoms with Gasteiger partial charge in [-0.05, 0) is 31.2 Å². The Labute approximate surface area is 165 Å². The Bertz CT molecular complexity index is 1030. The summed E-state index contributed by atoms with van der Waals surface area (Å²) < 4.78 is 15.8. The average molecular weight is 397 g/mol. The molecule has 1 saturated heterocycles. The normalized spacial score (nSPS) is 16.6. The van der Waals surface area contributed by atoms with Crippen molar-refractivity contribution in [3.05, 3.63) is 48.1 Å². The second kappa shape index (κ2) is 7.74. The molecule has 1 aliphatic heterocycles. The van der Waals surface area contributed by atoms with Gasteiger partial charge < -0.3 is 23.9 Å². The SMILES string of the molecule is COc1ccc(-c2ocnc2C(=O)N2CCNC(=O)C2Cc2nc(C)no2)cc1. The number of methoxy groups -OCH3 is 1. The third-order valence-electron chi connectivity index (χ3n) is 4.65. The number of carbonyl (C=O) groups excluding carboxylic acids is 2. The minimum absolute atomic E-state index is 0.119. The van der Waals surface area contributed by atoms with E-state index in [1.807, 2.05) is 0 Å². The lowest BCUT2D eigenvalue weighted by molar-refractivity contribution is -0.128. The number of amides is 2. The van der Waals surface area contributed by atoms with Crippen LogP contribution in [0.25, 0.3) is 11.3 Å². The number of carbonyl (C=O) groups is 2. The Morgan fingerprint density at radius 1 is 1.34 bits per heavy atom. The van der Waals surface area contributed by atoms with E-state index >= 15 is 0 Å². The fraction of sp³-hybridized carbons (Fsp3) is 0.316. The van der Waals surface area contributed by atoms with E-state index in [4.69, 9.17) is 13.7 Å². The summed E-state index contributed by atoms with van der Waals surface area (Å²) in [5.41, 5.74) is 0.814. The second-order valence-electron chi connectivity index (χ2n) is 6.50. The summed E-state index contributed by atoms with van der Waals surface area (Å²) in [5.74, 6) is 1.08. The zero-order valence-corrected chi connectivity index (χ0v) is 15.9. The highest BCUT2D eigenvalue weighted by atomic mass is 16.5. The molecule has 10 nitrogen and oxygen atoms in total. The molecule has 1 atom stereocenters. The fourth-order valence-electron chi connectivity index (χ4n) is 3.23. The first-order chi connectivity index (χ1) is 14.1. The van der Waals surface area contributed by atoms with Crippen LogP contribution in [0, 0.1) is 6.92 Å². The maximum absolute atomic E-state index is 13.3. The number of oxazole rings is 1. The van der Waals surface area contributed by atoms with Crippen LogP contribution in [-0.4, -0.2) is 58.1 Å². The van der Waals surface area contributed by atoms with Crippen LogP contribution >= 0.6 is 0 Å². The van der Waals surface area contributed by atoms with Crippen LogP contribution < -0.4 is 10.1 Å². The molecule has 150 valence electrons. The zero-order valence-electron chi connectivity index (χ0n) is 15.9. The number of aromatic nitrogens is 3. The molecule has 1 aliphatic rings. The van der Waals surface area contributed by atoms with E-state index in [-0.39, 0.29) is 23.9 Å². The van der Waals surface area contributed by atoms with Crippen molar-refractivity contribution in [3.63, 3.8) is 0 Å². The number of aryl methyl sites for hydroxylation is 1. The average Bonchev–Trinajstić information content (AvgIpc) is 3.38. The first kappa shape index (κ1) is 18.7. The van der Waals surface area contributed by atoms with E-state index in [0.717, 1.165) is 0 Å². The molecule has 0 bridgehead atoms. The molecule has 10 heteroatoms. The number of hydrogen-bond acceptors (Lipinski definition) is 8. The van der Waals surface area contributed by atoms with Crippen molar-refractivity contribution in [2.75, 3.05) is 20.2 Å². The molecule has 0 saturated carbocycles. The van der Waals surface area contributed by atoms with Crippen molar-refractivity contribution in [1.82, 2.24) is 25.3 Å². The summed E-state index contributed by atoms with van der Waals surface area (Å²) in [5, 5.41) is 6.50. The summed E-state index contributed by atoms with van der Waals surface area (Å²) in [6.07, 6.45) is 1.33. The van der Waals surface area contributed by atoms with E-state index in [0.29, 0.717) is 36.0 Å². The first-order valence-corrected chi connectivity index (χ1v) is 9.02. The van der Waals surface area contributed by atoms with E-state index in [9.17, 15) is 9.59 Å². The summed E-state index contributed by atoms with van der Waals surface area (Å²) in [4.78, 5) is 35.4. The Morgan fingerprint density at radius 2 is 2.14 bits per heavy atom. The Balaban J connectivity index is 1.62. The van der Waals surface area contributed by atoms with Crippen LogP contribution in [-0.2, 0) is 11.2 Å². The minimum Gasteiger partial charge on any atom is -0.497 e. The molecule has 0 aliphatic carbocycles. The van der Waals surface area contributed by atoms with Crippen LogP contribution in [0.2, 0.25) is 0 Å². The van der Waals surface area contributed by atoms with Gasteiger partial charge in [-0.25, -0.2) is 4.98 Å². The van der Waals surface area contributed by atoms with Crippen molar-refractivity contribution < 1.29 is 23.3 Å². The van der Waals surface area contributed by atoms with Gasteiger partial charge in [0.05, 0.1) is 13.5 Å². The van der Waals surface area contributed by atoms with Gasteiger partial charge in [-0.1, -0.05) is 5.16 Å². The maximum Gasteiger partial charge on any atom is 0.277 e. The predicted octanol–water partition coefficient (Wildman–Crippen LogP) is 1.22. The number of nitrogens with one attached hydrogen (secondary N) is 1. The van der Waals surface area contributed by atoms with Crippen molar-refractivity contribution in [1.29, 1.82) is 0 Å². The van der Waals surface area contributed by atoms with Crippen molar-refractivity contribution >= 4 is 11.8 Å². The van der Waals surface area contributed by atoms with E-state index in [1.54, 1.807) is 38.3 Å². The molecule has 1 fully saturated rings. The van der Waals surface area contributed by atoms with Crippen molar-refractivity contribution in [2.45, 2.75) is 19.4 Å². The van der Waals surface area contributed by atoms with Gasteiger partial charge in [0.1, 0.15) is 11.8 Å². The lowest BCUT2D eigenvalue weighted by Gasteiger charge is -2.34. The van der Waals surface area contributed by atoms with Crippen LogP contribution in [0.1, 0.15) is 22.2 Å². The van der Waals surface area contributed by atoms with Gasteiger partial charge >= 0.3 is 0 Å². The Kier molecular flexibility index (Phi) is 4.98. The van der Waals surface area contributed by atoms with Crippen LogP contribution in [0.4, 0.5) is 0 Å². The van der Waals surface area contributed by atoms with Gasteiger partial charge in [-0.2, -0.15) is 4.98 Å². The molecular formula is C19H19N5O5. The van der Waals surface area contributed by atoms with Crippen LogP contribution in [0.3, 0.4) is 0 Å². The second-order valence-corrected chi connectivity index (χ2v) is 6.50. The molecule has 3 heterocycles.